The summed E-state index contributed by atoms with van der Waals surface area (Å²) >= 11 is 19.5. The molecule has 0 aliphatic rings. The SMILES string of the molecule is Cc1ccc(Cl)cc1Oc1ccccc1/C=c1\s/c(=C\C(=O)C(C)(C)C)n(CC(=O)NCc2ccc(Cl)cc2Cl)c1=O. The lowest BCUT2D eigenvalue weighted by Crippen LogP contribution is -2.38. The van der Waals surface area contributed by atoms with Crippen LogP contribution in [0.3, 0.4) is 0 Å². The van der Waals surface area contributed by atoms with Crippen molar-refractivity contribution in [1.29, 1.82) is 0 Å². The normalized spacial score (nSPS) is 12.5. The molecule has 42 heavy (non-hydrogen) atoms. The number of carbonyl (C=O) groups is 2. The topological polar surface area (TPSA) is 77.4 Å². The summed E-state index contributed by atoms with van der Waals surface area (Å²) in [5.74, 6) is 0.536. The third-order valence-corrected chi connectivity index (χ3v) is 8.18. The third-order valence-electron chi connectivity index (χ3n) is 6.30. The van der Waals surface area contributed by atoms with E-state index < -0.39 is 16.9 Å². The van der Waals surface area contributed by atoms with Gasteiger partial charge in [-0.05, 0) is 54.5 Å². The summed E-state index contributed by atoms with van der Waals surface area (Å²) in [5, 5.41) is 4.24. The second-order valence-corrected chi connectivity index (χ2v) is 13.0. The van der Waals surface area contributed by atoms with Gasteiger partial charge in [-0.15, -0.1) is 11.3 Å². The van der Waals surface area contributed by atoms with Crippen LogP contribution in [-0.2, 0) is 22.7 Å². The molecular formula is C32H29Cl3N2O4S. The largest absolute Gasteiger partial charge is 0.456 e. The molecule has 218 valence electrons. The van der Waals surface area contributed by atoms with E-state index in [0.29, 0.717) is 46.9 Å². The molecule has 10 heteroatoms. The van der Waals surface area contributed by atoms with Gasteiger partial charge in [0.15, 0.2) is 5.78 Å². The molecule has 4 aromatic rings. The smallest absolute Gasteiger partial charge is 0.269 e. The Morgan fingerprint density at radius 1 is 0.976 bits per heavy atom. The monoisotopic (exact) mass is 642 g/mol. The van der Waals surface area contributed by atoms with E-state index in [1.54, 1.807) is 63.2 Å². The molecule has 0 bridgehead atoms. The molecule has 0 aliphatic heterocycles. The van der Waals surface area contributed by atoms with Crippen LogP contribution >= 0.6 is 46.1 Å². The Hall–Kier alpha value is -3.36. The highest BCUT2D eigenvalue weighted by Crippen LogP contribution is 2.30. The maximum atomic E-state index is 13.6. The van der Waals surface area contributed by atoms with E-state index in [1.165, 1.54) is 10.6 Å². The summed E-state index contributed by atoms with van der Waals surface area (Å²) < 4.78 is 8.19. The van der Waals surface area contributed by atoms with E-state index in [1.807, 2.05) is 31.2 Å². The maximum Gasteiger partial charge on any atom is 0.269 e. The molecule has 1 aromatic heterocycles. The van der Waals surface area contributed by atoms with Crippen molar-refractivity contribution >= 4 is 70.0 Å². The average molecular weight is 644 g/mol. The Bertz CT molecular complexity index is 1840. The lowest BCUT2D eigenvalue weighted by Gasteiger charge is -2.13. The lowest BCUT2D eigenvalue weighted by atomic mass is 9.91. The first-order valence-corrected chi connectivity index (χ1v) is 15.0. The zero-order chi connectivity index (χ0) is 30.6. The van der Waals surface area contributed by atoms with Crippen LogP contribution in [0.5, 0.6) is 11.5 Å². The first kappa shape index (κ1) is 31.6. The number of ether oxygens (including phenoxy) is 1. The second-order valence-electron chi connectivity index (χ2n) is 10.7. The summed E-state index contributed by atoms with van der Waals surface area (Å²) in [6, 6.07) is 17.7. The molecule has 0 unspecified atom stereocenters. The van der Waals surface area contributed by atoms with Crippen LogP contribution in [0, 0.1) is 12.3 Å². The Morgan fingerprint density at radius 2 is 1.67 bits per heavy atom. The van der Waals surface area contributed by atoms with Gasteiger partial charge in [-0.3, -0.25) is 19.0 Å². The highest BCUT2D eigenvalue weighted by molar-refractivity contribution is 7.07. The van der Waals surface area contributed by atoms with E-state index in [9.17, 15) is 14.4 Å². The average Bonchev–Trinajstić information content (AvgIpc) is 3.19. The molecular weight excluding hydrogens is 615 g/mol. The van der Waals surface area contributed by atoms with Crippen molar-refractivity contribution in [2.45, 2.75) is 40.8 Å². The summed E-state index contributed by atoms with van der Waals surface area (Å²) in [7, 11) is 0. The van der Waals surface area contributed by atoms with Crippen molar-refractivity contribution in [2.24, 2.45) is 5.41 Å². The molecule has 0 saturated carbocycles. The standard InChI is InChI=1S/C32H29Cl3N2O4S/c1-19-9-11-23(34)15-26(19)41-25-8-6-5-7-20(25)13-27-31(40)37(30(42-27)16-28(38)32(2,3)4)18-29(39)36-17-21-10-12-22(33)14-24(21)35/h5-16H,17-18H2,1-4H3,(H,36,39)/b27-13-,30-16-. The first-order valence-electron chi connectivity index (χ1n) is 13.0. The molecule has 0 saturated heterocycles. The summed E-state index contributed by atoms with van der Waals surface area (Å²) in [6.07, 6.45) is 3.12. The molecule has 4 rings (SSSR count). The Morgan fingerprint density at radius 3 is 2.38 bits per heavy atom. The second kappa shape index (κ2) is 13.3. The van der Waals surface area contributed by atoms with Gasteiger partial charge in [0.25, 0.3) is 5.56 Å². The number of hydrogen-bond donors (Lipinski definition) is 1. The highest BCUT2D eigenvalue weighted by Gasteiger charge is 2.20. The molecule has 6 nitrogen and oxygen atoms in total. The number of Topliss-reactive ketones (excluding diaryl/α,β-unsaturated/α-hetero) is 1. The van der Waals surface area contributed by atoms with Gasteiger partial charge in [0.05, 0.1) is 4.53 Å². The van der Waals surface area contributed by atoms with E-state index in [-0.39, 0.29) is 18.9 Å². The van der Waals surface area contributed by atoms with Gasteiger partial charge in [0.2, 0.25) is 5.91 Å². The molecule has 3 aromatic carbocycles. The predicted molar refractivity (Wildman–Crippen MR) is 171 cm³/mol. The Kier molecular flexibility index (Phi) is 10.00. The zero-order valence-electron chi connectivity index (χ0n) is 23.5. The minimum Gasteiger partial charge on any atom is -0.456 e. The van der Waals surface area contributed by atoms with Crippen LogP contribution < -0.4 is 24.8 Å². The van der Waals surface area contributed by atoms with Gasteiger partial charge in [-0.2, -0.15) is 0 Å². The van der Waals surface area contributed by atoms with Crippen molar-refractivity contribution in [2.75, 3.05) is 0 Å². The van der Waals surface area contributed by atoms with Gasteiger partial charge in [0, 0.05) is 38.7 Å². The van der Waals surface area contributed by atoms with Gasteiger partial charge in [0.1, 0.15) is 22.7 Å². The number of aryl methyl sites for hydroxylation is 1. The van der Waals surface area contributed by atoms with Crippen LogP contribution in [-0.4, -0.2) is 16.3 Å². The van der Waals surface area contributed by atoms with Gasteiger partial charge < -0.3 is 10.1 Å². The zero-order valence-corrected chi connectivity index (χ0v) is 26.5. The number of halogens is 3. The number of nitrogens with zero attached hydrogens (tertiary/aromatic N) is 1. The number of para-hydroxylation sites is 1. The van der Waals surface area contributed by atoms with Crippen LogP contribution in [0.2, 0.25) is 15.1 Å². The summed E-state index contributed by atoms with van der Waals surface area (Å²) in [6.45, 7) is 7.17. The molecule has 0 atom stereocenters. The number of benzene rings is 3. The minimum absolute atomic E-state index is 0.153. The number of carbonyl (C=O) groups excluding carboxylic acids is 2. The van der Waals surface area contributed by atoms with Crippen LogP contribution in [0.15, 0.2) is 65.5 Å². The number of amides is 1. The quantitative estimate of drug-likeness (QED) is 0.238. The van der Waals surface area contributed by atoms with Crippen LogP contribution in [0.4, 0.5) is 0 Å². The Balaban J connectivity index is 1.72. The molecule has 0 spiro atoms. The molecule has 1 heterocycles. The number of thiazole rings is 1. The highest BCUT2D eigenvalue weighted by atomic mass is 35.5. The number of nitrogens with one attached hydrogen (secondary N) is 1. The van der Waals surface area contributed by atoms with E-state index in [4.69, 9.17) is 39.5 Å². The van der Waals surface area contributed by atoms with E-state index in [0.717, 1.165) is 16.9 Å². The van der Waals surface area contributed by atoms with Crippen LogP contribution in [0.1, 0.15) is 37.5 Å². The molecule has 0 aliphatic carbocycles. The van der Waals surface area contributed by atoms with Crippen molar-refractivity contribution in [1.82, 2.24) is 9.88 Å². The van der Waals surface area contributed by atoms with Gasteiger partial charge in [-0.1, -0.05) is 85.9 Å². The maximum absolute atomic E-state index is 13.6. The van der Waals surface area contributed by atoms with E-state index in [2.05, 4.69) is 5.32 Å². The van der Waals surface area contributed by atoms with Crippen LogP contribution in [0.25, 0.3) is 12.2 Å². The van der Waals surface area contributed by atoms with Gasteiger partial charge >= 0.3 is 0 Å². The fraction of sp³-hybridized carbons (Fsp3) is 0.219. The fourth-order valence-electron chi connectivity index (χ4n) is 3.82. The lowest BCUT2D eigenvalue weighted by molar-refractivity contribution is -0.122. The van der Waals surface area contributed by atoms with Crippen molar-refractivity contribution in [3.63, 3.8) is 0 Å². The fourth-order valence-corrected chi connectivity index (χ4v) is 5.49. The molecule has 1 N–H and O–H groups in total. The summed E-state index contributed by atoms with van der Waals surface area (Å²) in [5.41, 5.74) is 1.16. The number of ketones is 1. The molecule has 0 fully saturated rings. The third kappa shape index (κ3) is 7.92. The number of rotatable bonds is 8. The Labute approximate surface area is 262 Å². The number of hydrogen-bond acceptors (Lipinski definition) is 5. The first-order chi connectivity index (χ1) is 19.8. The van der Waals surface area contributed by atoms with Crippen molar-refractivity contribution in [3.05, 3.63) is 112 Å². The van der Waals surface area contributed by atoms with Crippen molar-refractivity contribution in [3.8, 4) is 11.5 Å². The predicted octanol–water partition coefficient (Wildman–Crippen LogP) is 6.51. The molecule has 1 amide bonds. The number of aromatic nitrogens is 1. The summed E-state index contributed by atoms with van der Waals surface area (Å²) in [4.78, 5) is 39.5. The van der Waals surface area contributed by atoms with E-state index >= 15 is 0 Å². The van der Waals surface area contributed by atoms with Crippen molar-refractivity contribution < 1.29 is 14.3 Å². The van der Waals surface area contributed by atoms with Gasteiger partial charge in [-0.25, -0.2) is 0 Å². The minimum atomic E-state index is -0.669. The molecule has 0 radical (unpaired) electrons.